The summed E-state index contributed by atoms with van der Waals surface area (Å²) in [5, 5.41) is 3.03. The summed E-state index contributed by atoms with van der Waals surface area (Å²) >= 11 is -2.33. The van der Waals surface area contributed by atoms with E-state index in [1.54, 1.807) is 0 Å². The summed E-state index contributed by atoms with van der Waals surface area (Å²) in [6.45, 7) is 11.1. The van der Waals surface area contributed by atoms with Gasteiger partial charge in [-0.25, -0.2) is 0 Å². The number of carbonyl (C=O) groups excluding carboxylic acids is 1. The summed E-state index contributed by atoms with van der Waals surface area (Å²) in [6, 6.07) is 9.74. The summed E-state index contributed by atoms with van der Waals surface area (Å²) in [4.78, 5) is 12.6. The number of hydrogen-bond acceptors (Lipinski definition) is 1. The quantitative estimate of drug-likeness (QED) is 0.254. The summed E-state index contributed by atoms with van der Waals surface area (Å²) in [7, 11) is 0. The van der Waals surface area contributed by atoms with Gasteiger partial charge in [-0.05, 0) is 0 Å². The predicted molar refractivity (Wildman–Crippen MR) is 114 cm³/mol. The van der Waals surface area contributed by atoms with Gasteiger partial charge in [0.1, 0.15) is 0 Å². The van der Waals surface area contributed by atoms with Gasteiger partial charge in [0.05, 0.1) is 0 Å². The van der Waals surface area contributed by atoms with Crippen LogP contribution in [-0.2, 0) is 4.79 Å². The molecule has 25 heavy (non-hydrogen) atoms. The fraction of sp³-hybridized carbons (Fsp3) is 0.591. The van der Waals surface area contributed by atoms with Crippen molar-refractivity contribution in [1.29, 1.82) is 0 Å². The first-order valence-electron chi connectivity index (χ1n) is 10.1. The van der Waals surface area contributed by atoms with Gasteiger partial charge in [0, 0.05) is 0 Å². The van der Waals surface area contributed by atoms with Crippen LogP contribution in [0.2, 0.25) is 17.7 Å². The Hall–Kier alpha value is -0.771. The molecule has 0 saturated carbocycles. The van der Waals surface area contributed by atoms with E-state index in [1.807, 2.05) is 30.3 Å². The topological polar surface area (TPSA) is 29.1 Å². The predicted octanol–water partition coefficient (Wildman–Crippen LogP) is 7.03. The van der Waals surface area contributed by atoms with E-state index in [-0.39, 0.29) is 5.91 Å². The average Bonchev–Trinajstić information content (AvgIpc) is 2.63. The van der Waals surface area contributed by atoms with Gasteiger partial charge >= 0.3 is 160 Å². The molecule has 0 heterocycles. The molecule has 3 heteroatoms. The molecule has 1 aromatic carbocycles. The Morgan fingerprint density at radius 2 is 1.40 bits per heavy atom. The number of benzene rings is 1. The van der Waals surface area contributed by atoms with Crippen molar-refractivity contribution in [2.75, 3.05) is 5.32 Å². The molecule has 0 aliphatic heterocycles. The van der Waals surface area contributed by atoms with Crippen LogP contribution in [0.1, 0.15) is 59.3 Å². The van der Waals surface area contributed by atoms with Crippen LogP contribution in [0, 0.1) is 0 Å². The van der Waals surface area contributed by atoms with Crippen LogP contribution in [0.3, 0.4) is 0 Å². The van der Waals surface area contributed by atoms with Crippen molar-refractivity contribution in [2.45, 2.75) is 77.0 Å². The number of amides is 1. The van der Waals surface area contributed by atoms with Crippen LogP contribution < -0.4 is 5.32 Å². The van der Waals surface area contributed by atoms with E-state index < -0.39 is 18.4 Å². The first-order chi connectivity index (χ1) is 12.1. The van der Waals surface area contributed by atoms with Crippen molar-refractivity contribution in [3.05, 3.63) is 42.5 Å². The number of unbranched alkanes of at least 4 members (excludes halogenated alkanes) is 3. The molecule has 0 saturated heterocycles. The fourth-order valence-corrected chi connectivity index (χ4v) is 19.7. The summed E-state index contributed by atoms with van der Waals surface area (Å²) < 4.78 is 5.29. The number of para-hydroxylation sites is 1. The van der Waals surface area contributed by atoms with Gasteiger partial charge in [-0.15, -0.1) is 0 Å². The van der Waals surface area contributed by atoms with Gasteiger partial charge in [0.25, 0.3) is 0 Å². The number of anilines is 1. The number of hydrogen-bond donors (Lipinski definition) is 1. The molecule has 0 radical (unpaired) electrons. The Morgan fingerprint density at radius 1 is 0.920 bits per heavy atom. The van der Waals surface area contributed by atoms with Crippen LogP contribution in [0.15, 0.2) is 42.5 Å². The molecule has 0 fully saturated rings. The van der Waals surface area contributed by atoms with Crippen molar-refractivity contribution < 1.29 is 4.79 Å². The molecule has 1 aromatic rings. The van der Waals surface area contributed by atoms with E-state index in [4.69, 9.17) is 0 Å². The second kappa shape index (κ2) is 12.6. The summed E-state index contributed by atoms with van der Waals surface area (Å²) in [6.07, 6.45) is 7.78. The molecule has 2 nitrogen and oxygen atoms in total. The molecular formula is C22H37NOSn. The van der Waals surface area contributed by atoms with Gasteiger partial charge in [0.15, 0.2) is 0 Å². The van der Waals surface area contributed by atoms with Gasteiger partial charge in [-0.3, -0.25) is 0 Å². The van der Waals surface area contributed by atoms with E-state index in [0.29, 0.717) is 0 Å². The first kappa shape index (κ1) is 22.3. The number of carbonyl (C=O) groups is 1. The summed E-state index contributed by atoms with van der Waals surface area (Å²) in [5.74, 6) is 0.0248. The third-order valence-electron chi connectivity index (χ3n) is 5.12. The second-order valence-corrected chi connectivity index (χ2v) is 21.3. The van der Waals surface area contributed by atoms with E-state index in [1.165, 1.54) is 51.8 Å². The maximum atomic E-state index is 12.6. The normalized spacial score (nSPS) is 11.3. The zero-order valence-electron chi connectivity index (χ0n) is 16.6. The van der Waals surface area contributed by atoms with Crippen LogP contribution in [-0.4, -0.2) is 24.3 Å². The Balaban J connectivity index is 2.80. The van der Waals surface area contributed by atoms with Gasteiger partial charge in [-0.2, -0.15) is 0 Å². The summed E-state index contributed by atoms with van der Waals surface area (Å²) in [5.41, 5.74) is 1.69. The van der Waals surface area contributed by atoms with E-state index in [0.717, 1.165) is 15.7 Å². The number of rotatable bonds is 13. The van der Waals surface area contributed by atoms with Crippen molar-refractivity contribution in [3.63, 3.8) is 0 Å². The molecule has 1 amide bonds. The second-order valence-electron chi connectivity index (χ2n) is 7.41. The molecule has 0 bridgehead atoms. The minimum absolute atomic E-state index is 0.0248. The van der Waals surface area contributed by atoms with Crippen molar-refractivity contribution in [1.82, 2.24) is 0 Å². The minimum atomic E-state index is -2.33. The Bertz CT molecular complexity index is 490. The maximum absolute atomic E-state index is 12.6. The van der Waals surface area contributed by atoms with Crippen molar-refractivity contribution >= 4 is 30.0 Å². The molecule has 0 aliphatic rings. The monoisotopic (exact) mass is 451 g/mol. The molecule has 140 valence electrons. The van der Waals surface area contributed by atoms with E-state index >= 15 is 0 Å². The van der Waals surface area contributed by atoms with Crippen LogP contribution in [0.4, 0.5) is 5.69 Å². The first-order valence-corrected chi connectivity index (χ1v) is 18.2. The zero-order chi connectivity index (χ0) is 18.5. The van der Waals surface area contributed by atoms with Crippen LogP contribution in [0.5, 0.6) is 0 Å². The van der Waals surface area contributed by atoms with Gasteiger partial charge in [0.2, 0.25) is 0 Å². The average molecular weight is 450 g/mol. The molecular weight excluding hydrogens is 413 g/mol. The molecule has 0 unspecified atom stereocenters. The third-order valence-corrected chi connectivity index (χ3v) is 20.6. The fourth-order valence-electron chi connectivity index (χ4n) is 3.57. The third kappa shape index (κ3) is 8.43. The molecule has 0 aliphatic carbocycles. The van der Waals surface area contributed by atoms with E-state index in [2.05, 4.69) is 32.7 Å². The SMILES string of the molecule is C=C([CH2][Sn]([CH2]CCC)([CH2]CCC)[CH2]CCC)C(=O)Nc1ccccc1. The Labute approximate surface area is 159 Å². The molecule has 1 N–H and O–H groups in total. The Morgan fingerprint density at radius 3 is 1.84 bits per heavy atom. The Kier molecular flexibility index (Phi) is 11.2. The number of nitrogens with one attached hydrogen (secondary N) is 1. The zero-order valence-corrected chi connectivity index (χ0v) is 19.4. The van der Waals surface area contributed by atoms with Gasteiger partial charge < -0.3 is 0 Å². The van der Waals surface area contributed by atoms with Crippen molar-refractivity contribution in [2.24, 2.45) is 0 Å². The van der Waals surface area contributed by atoms with Crippen LogP contribution >= 0.6 is 0 Å². The molecule has 0 spiro atoms. The molecule has 0 aromatic heterocycles. The molecule has 0 atom stereocenters. The van der Waals surface area contributed by atoms with Crippen LogP contribution in [0.25, 0.3) is 0 Å². The van der Waals surface area contributed by atoms with E-state index in [9.17, 15) is 4.79 Å². The standard InChI is InChI=1S/C10H10NO.3C4H9.Sn/c1-8(2)10(12)11-9-6-4-3-5-7-9;3*1-3-4-2;/h3-7H,1-2H2,(H,11,12);3*1,3-4H2,2H3;. The van der Waals surface area contributed by atoms with Crippen molar-refractivity contribution in [3.8, 4) is 0 Å². The molecule has 1 rings (SSSR count). The van der Waals surface area contributed by atoms with Gasteiger partial charge in [-0.1, -0.05) is 0 Å².